The van der Waals surface area contributed by atoms with Gasteiger partial charge in [-0.1, -0.05) is 6.58 Å². The first-order valence-corrected chi connectivity index (χ1v) is 7.07. The summed E-state index contributed by atoms with van der Waals surface area (Å²) in [5, 5.41) is 0.278. The first-order chi connectivity index (χ1) is 8.03. The van der Waals surface area contributed by atoms with Crippen molar-refractivity contribution in [3.63, 3.8) is 0 Å². The maximum absolute atomic E-state index is 12.3. The standard InChI is InChI=1S/C10H18NO5P/c1-4-15-17(13,16-5-2)9(3)8-11-6-7-14-10(11)12/h3-8H2,1-2H3. The summed E-state index contributed by atoms with van der Waals surface area (Å²) in [6.07, 6.45) is -0.425. The van der Waals surface area contributed by atoms with Crippen molar-refractivity contribution in [2.45, 2.75) is 13.8 Å². The lowest BCUT2D eigenvalue weighted by atomic mass is 10.5. The predicted octanol–water partition coefficient (Wildman–Crippen LogP) is 2.22. The van der Waals surface area contributed by atoms with Gasteiger partial charge in [-0.05, 0) is 13.8 Å². The quantitative estimate of drug-likeness (QED) is 0.659. The Morgan fingerprint density at radius 1 is 1.47 bits per heavy atom. The van der Waals surface area contributed by atoms with Crippen LogP contribution < -0.4 is 0 Å². The molecule has 0 aromatic heterocycles. The minimum absolute atomic E-state index is 0.135. The number of hydrogen-bond acceptors (Lipinski definition) is 5. The van der Waals surface area contributed by atoms with Crippen molar-refractivity contribution in [1.82, 2.24) is 4.90 Å². The molecule has 7 heteroatoms. The summed E-state index contributed by atoms with van der Waals surface area (Å²) in [5.41, 5.74) is 0. The van der Waals surface area contributed by atoms with Crippen LogP contribution in [0.25, 0.3) is 0 Å². The molecule has 0 aromatic carbocycles. The third-order valence-corrected chi connectivity index (χ3v) is 4.32. The molecule has 0 aromatic rings. The first-order valence-electron chi connectivity index (χ1n) is 5.52. The fourth-order valence-electron chi connectivity index (χ4n) is 1.44. The van der Waals surface area contributed by atoms with Crippen LogP contribution in [0, 0.1) is 0 Å². The van der Waals surface area contributed by atoms with Crippen LogP contribution in [0.4, 0.5) is 4.79 Å². The third kappa shape index (κ3) is 3.56. The van der Waals surface area contributed by atoms with Gasteiger partial charge in [-0.25, -0.2) is 4.79 Å². The molecule has 0 radical (unpaired) electrons. The monoisotopic (exact) mass is 263 g/mol. The molecule has 0 saturated carbocycles. The van der Waals surface area contributed by atoms with Crippen molar-refractivity contribution >= 4 is 13.7 Å². The highest BCUT2D eigenvalue weighted by atomic mass is 31.2. The number of carbonyl (C=O) groups excluding carboxylic acids is 1. The van der Waals surface area contributed by atoms with E-state index in [1.54, 1.807) is 13.8 Å². The second-order valence-corrected chi connectivity index (χ2v) is 5.58. The molecule has 1 fully saturated rings. The van der Waals surface area contributed by atoms with E-state index >= 15 is 0 Å². The SMILES string of the molecule is C=C(CN1CCOC1=O)P(=O)(OCC)OCC. The molecule has 0 aliphatic carbocycles. The van der Waals surface area contributed by atoms with Gasteiger partial charge in [-0.15, -0.1) is 0 Å². The van der Waals surface area contributed by atoms with Crippen LogP contribution in [0.5, 0.6) is 0 Å². The van der Waals surface area contributed by atoms with Crippen LogP contribution in [-0.4, -0.2) is 43.9 Å². The molecule has 0 atom stereocenters. The molecule has 1 heterocycles. The van der Waals surface area contributed by atoms with Gasteiger partial charge < -0.3 is 18.7 Å². The lowest BCUT2D eigenvalue weighted by Gasteiger charge is -2.21. The lowest BCUT2D eigenvalue weighted by molar-refractivity contribution is 0.160. The lowest BCUT2D eigenvalue weighted by Crippen LogP contribution is -2.26. The number of hydrogen-bond donors (Lipinski definition) is 0. The van der Waals surface area contributed by atoms with Gasteiger partial charge in [0.15, 0.2) is 0 Å². The molecule has 1 rings (SSSR count). The van der Waals surface area contributed by atoms with Crippen LogP contribution in [0.2, 0.25) is 0 Å². The molecule has 1 saturated heterocycles. The predicted molar refractivity (Wildman–Crippen MR) is 62.9 cm³/mol. The Balaban J connectivity index is 2.65. The molecular weight excluding hydrogens is 245 g/mol. The minimum atomic E-state index is -3.33. The third-order valence-electron chi connectivity index (χ3n) is 2.20. The largest absolute Gasteiger partial charge is 0.448 e. The van der Waals surface area contributed by atoms with Gasteiger partial charge in [0, 0.05) is 0 Å². The van der Waals surface area contributed by atoms with Gasteiger partial charge in [0.05, 0.1) is 31.6 Å². The van der Waals surface area contributed by atoms with Crippen LogP contribution in [0.15, 0.2) is 11.9 Å². The molecular formula is C10H18NO5P. The van der Waals surface area contributed by atoms with Crippen LogP contribution in [0.3, 0.4) is 0 Å². The summed E-state index contributed by atoms with van der Waals surface area (Å²) >= 11 is 0. The van der Waals surface area contributed by atoms with Crippen molar-refractivity contribution in [2.75, 3.05) is 32.9 Å². The molecule has 0 bridgehead atoms. The van der Waals surface area contributed by atoms with Gasteiger partial charge in [0.2, 0.25) is 0 Å². The maximum Gasteiger partial charge on any atom is 0.410 e. The Labute approximate surface area is 101 Å². The van der Waals surface area contributed by atoms with Gasteiger partial charge in [-0.3, -0.25) is 4.57 Å². The number of ether oxygens (including phenoxy) is 1. The Bertz CT molecular complexity index is 334. The second-order valence-electron chi connectivity index (χ2n) is 3.44. The highest BCUT2D eigenvalue weighted by Crippen LogP contribution is 2.55. The number of cyclic esters (lactones) is 1. The fourth-order valence-corrected chi connectivity index (χ4v) is 2.90. The van der Waals surface area contributed by atoms with E-state index in [4.69, 9.17) is 13.8 Å². The highest BCUT2D eigenvalue weighted by molar-refractivity contribution is 7.58. The topological polar surface area (TPSA) is 65.1 Å². The zero-order valence-electron chi connectivity index (χ0n) is 10.2. The van der Waals surface area contributed by atoms with E-state index in [1.807, 2.05) is 0 Å². The number of rotatable bonds is 7. The number of carbonyl (C=O) groups is 1. The molecule has 1 aliphatic rings. The van der Waals surface area contributed by atoms with Gasteiger partial charge in [0.1, 0.15) is 6.61 Å². The summed E-state index contributed by atoms with van der Waals surface area (Å²) in [4.78, 5) is 12.7. The molecule has 17 heavy (non-hydrogen) atoms. The van der Waals surface area contributed by atoms with E-state index in [0.29, 0.717) is 13.2 Å². The van der Waals surface area contributed by atoms with Crippen molar-refractivity contribution in [3.05, 3.63) is 11.9 Å². The fraction of sp³-hybridized carbons (Fsp3) is 0.700. The van der Waals surface area contributed by atoms with Crippen molar-refractivity contribution in [2.24, 2.45) is 0 Å². The van der Waals surface area contributed by atoms with Gasteiger partial charge in [0.25, 0.3) is 0 Å². The van der Waals surface area contributed by atoms with Crippen molar-refractivity contribution in [3.8, 4) is 0 Å². The summed E-state index contributed by atoms with van der Waals surface area (Å²) < 4.78 is 27.3. The van der Waals surface area contributed by atoms with E-state index < -0.39 is 13.7 Å². The summed E-state index contributed by atoms with van der Waals surface area (Å²) in [6.45, 7) is 8.63. The second kappa shape index (κ2) is 6.19. The van der Waals surface area contributed by atoms with Crippen LogP contribution >= 0.6 is 7.60 Å². The Hall–Kier alpha value is -0.840. The average Bonchev–Trinajstić information content (AvgIpc) is 2.65. The van der Waals surface area contributed by atoms with Crippen molar-refractivity contribution < 1.29 is 23.1 Å². The molecule has 1 amide bonds. The zero-order chi connectivity index (χ0) is 12.9. The van der Waals surface area contributed by atoms with Crippen molar-refractivity contribution in [1.29, 1.82) is 0 Å². The van der Waals surface area contributed by atoms with Crippen LogP contribution in [0.1, 0.15) is 13.8 Å². The Kier molecular flexibility index (Phi) is 5.18. The molecule has 98 valence electrons. The smallest absolute Gasteiger partial charge is 0.410 e. The highest BCUT2D eigenvalue weighted by Gasteiger charge is 2.32. The molecule has 0 unspecified atom stereocenters. The number of nitrogens with zero attached hydrogens (tertiary/aromatic N) is 1. The summed E-state index contributed by atoms with van der Waals surface area (Å²) in [5.74, 6) is 0. The van der Waals surface area contributed by atoms with E-state index in [9.17, 15) is 9.36 Å². The van der Waals surface area contributed by atoms with E-state index in [-0.39, 0.29) is 25.1 Å². The Morgan fingerprint density at radius 2 is 2.06 bits per heavy atom. The average molecular weight is 263 g/mol. The summed E-state index contributed by atoms with van der Waals surface area (Å²) in [7, 11) is -3.33. The maximum atomic E-state index is 12.3. The first kappa shape index (κ1) is 14.2. The summed E-state index contributed by atoms with van der Waals surface area (Å²) in [6, 6.07) is 0. The van der Waals surface area contributed by atoms with E-state index in [2.05, 4.69) is 6.58 Å². The van der Waals surface area contributed by atoms with Crippen LogP contribution in [-0.2, 0) is 18.3 Å². The zero-order valence-corrected chi connectivity index (χ0v) is 11.1. The minimum Gasteiger partial charge on any atom is -0.448 e. The molecule has 0 spiro atoms. The van der Waals surface area contributed by atoms with Gasteiger partial charge in [-0.2, -0.15) is 0 Å². The van der Waals surface area contributed by atoms with E-state index in [0.717, 1.165) is 0 Å². The number of amides is 1. The molecule has 6 nitrogen and oxygen atoms in total. The molecule has 1 aliphatic heterocycles. The normalized spacial score (nSPS) is 16.1. The molecule has 0 N–H and O–H groups in total. The van der Waals surface area contributed by atoms with Gasteiger partial charge >= 0.3 is 13.7 Å². The Morgan fingerprint density at radius 3 is 2.47 bits per heavy atom. The van der Waals surface area contributed by atoms with E-state index in [1.165, 1.54) is 4.90 Å².